The fraction of sp³-hybridized carbons (Fsp3) is 0.833. The first-order valence-corrected chi connectivity index (χ1v) is 18.2. The van der Waals surface area contributed by atoms with E-state index in [4.69, 9.17) is 23.7 Å². The lowest BCUT2D eigenvalue weighted by Crippen LogP contribution is -2.56. The number of allylic oxidation sites excluding steroid dienone is 1. The lowest BCUT2D eigenvalue weighted by molar-refractivity contribution is -0.119. The van der Waals surface area contributed by atoms with E-state index in [0.717, 1.165) is 44.8 Å². The van der Waals surface area contributed by atoms with Crippen LogP contribution < -0.4 is 16.0 Å². The summed E-state index contributed by atoms with van der Waals surface area (Å²) in [7, 11) is 1.64. The number of methoxy groups -OCH3 is 1. The standard InChI is InChI=1S/C36H61N5O9/c1-23(2)13-14-29-35(7,50-29)32-31(46-8)28(15-16-36(32)22-48-36)49-34(45)40-27(25(5)6)21-47-33(44)38-18-12-10-9-11-17-37-30(43)19-39-41-26(20-42)24(3)4/h13,20,24-29,31-32H,9-12,14-19,21-22H2,1-8H3,(H,37,43)(H,38,44)(H,40,45)/b41-39+/t26-,27+,28?,29-,31?,32?,35?,36+/m1/s1. The van der Waals surface area contributed by atoms with Crippen LogP contribution in [-0.4, -0.2) is 106 Å². The van der Waals surface area contributed by atoms with E-state index in [9.17, 15) is 19.2 Å². The molecule has 3 amide bonds. The molecule has 8 atom stereocenters. The maximum absolute atomic E-state index is 13.1. The van der Waals surface area contributed by atoms with Crippen LogP contribution in [0.2, 0.25) is 0 Å². The van der Waals surface area contributed by atoms with Crippen LogP contribution in [0.5, 0.6) is 0 Å². The number of hydrogen-bond acceptors (Lipinski definition) is 11. The van der Waals surface area contributed by atoms with Crippen molar-refractivity contribution in [3.05, 3.63) is 11.6 Å². The molecule has 1 spiro atoms. The second-order valence-electron chi connectivity index (χ2n) is 14.9. The monoisotopic (exact) mass is 707 g/mol. The van der Waals surface area contributed by atoms with Crippen molar-refractivity contribution < 1.29 is 42.9 Å². The number of rotatable bonds is 21. The first-order chi connectivity index (χ1) is 23.8. The number of nitrogens with one attached hydrogen (secondary N) is 3. The lowest BCUT2D eigenvalue weighted by Gasteiger charge is -2.42. The Labute approximate surface area is 297 Å². The predicted molar refractivity (Wildman–Crippen MR) is 187 cm³/mol. The first kappa shape index (κ1) is 41.3. The SMILES string of the molecule is COC1C(OC(=O)N[C@@H](COC(=O)NCCCCCCNC(=O)C/N=N/[C@H](C=O)C(C)C)C(C)C)CC[C@]2(CO2)C1C1(C)O[C@@H]1CC=C(C)C. The highest BCUT2D eigenvalue weighted by atomic mass is 16.6. The summed E-state index contributed by atoms with van der Waals surface area (Å²) >= 11 is 0. The molecule has 1 aliphatic carbocycles. The van der Waals surface area contributed by atoms with Gasteiger partial charge in [0, 0.05) is 20.2 Å². The third-order valence-corrected chi connectivity index (χ3v) is 9.94. The highest BCUT2D eigenvalue weighted by Crippen LogP contribution is 2.59. The van der Waals surface area contributed by atoms with Gasteiger partial charge in [0.2, 0.25) is 5.91 Å². The van der Waals surface area contributed by atoms with Crippen molar-refractivity contribution in [1.82, 2.24) is 16.0 Å². The number of unbranched alkanes of at least 4 members (excludes halogenated alkanes) is 3. The van der Waals surface area contributed by atoms with Gasteiger partial charge in [0.05, 0.1) is 24.7 Å². The van der Waals surface area contributed by atoms with Crippen molar-refractivity contribution in [2.45, 2.75) is 135 Å². The Morgan fingerprint density at radius 3 is 2.26 bits per heavy atom. The molecule has 3 fully saturated rings. The van der Waals surface area contributed by atoms with Crippen LogP contribution in [0.1, 0.15) is 93.4 Å². The Balaban J connectivity index is 1.33. The van der Waals surface area contributed by atoms with Crippen molar-refractivity contribution in [3.8, 4) is 0 Å². The molecule has 284 valence electrons. The molecule has 0 aromatic heterocycles. The van der Waals surface area contributed by atoms with Gasteiger partial charge in [-0.3, -0.25) is 4.79 Å². The molecule has 3 rings (SSSR count). The number of amides is 3. The van der Waals surface area contributed by atoms with E-state index in [-0.39, 0.29) is 54.6 Å². The Morgan fingerprint density at radius 1 is 1.00 bits per heavy atom. The van der Waals surface area contributed by atoms with Gasteiger partial charge in [-0.25, -0.2) is 9.59 Å². The zero-order valence-electron chi connectivity index (χ0n) is 31.3. The maximum atomic E-state index is 13.1. The van der Waals surface area contributed by atoms with E-state index < -0.39 is 36.0 Å². The lowest BCUT2D eigenvalue weighted by atomic mass is 9.68. The molecule has 2 aliphatic heterocycles. The first-order valence-electron chi connectivity index (χ1n) is 18.2. The van der Waals surface area contributed by atoms with Crippen molar-refractivity contribution >= 4 is 24.4 Å². The van der Waals surface area contributed by atoms with Gasteiger partial charge in [0.25, 0.3) is 0 Å². The molecule has 14 nitrogen and oxygen atoms in total. The zero-order chi connectivity index (χ0) is 36.9. The summed E-state index contributed by atoms with van der Waals surface area (Å²) in [5.41, 5.74) is 0.509. The average Bonchev–Trinajstić information content (AvgIpc) is 3.98. The molecule has 14 heteroatoms. The van der Waals surface area contributed by atoms with Crippen LogP contribution in [0.25, 0.3) is 0 Å². The maximum Gasteiger partial charge on any atom is 0.407 e. The summed E-state index contributed by atoms with van der Waals surface area (Å²) < 4.78 is 29.6. The molecule has 2 saturated heterocycles. The molecule has 3 aliphatic rings. The van der Waals surface area contributed by atoms with Crippen molar-refractivity contribution in [2.75, 3.05) is 40.0 Å². The van der Waals surface area contributed by atoms with Crippen LogP contribution in [0.3, 0.4) is 0 Å². The molecular formula is C36H61N5O9. The van der Waals surface area contributed by atoms with Gasteiger partial charge in [-0.2, -0.15) is 10.2 Å². The summed E-state index contributed by atoms with van der Waals surface area (Å²) in [4.78, 5) is 48.3. The van der Waals surface area contributed by atoms with Crippen molar-refractivity contribution in [3.63, 3.8) is 0 Å². The summed E-state index contributed by atoms with van der Waals surface area (Å²) in [6.45, 7) is 15.4. The van der Waals surface area contributed by atoms with E-state index in [1.165, 1.54) is 5.57 Å². The van der Waals surface area contributed by atoms with E-state index in [1.807, 2.05) is 27.7 Å². The molecule has 0 aromatic carbocycles. The Morgan fingerprint density at radius 2 is 1.68 bits per heavy atom. The van der Waals surface area contributed by atoms with Gasteiger partial charge in [-0.1, -0.05) is 52.2 Å². The summed E-state index contributed by atoms with van der Waals surface area (Å²) in [5, 5.41) is 16.1. The van der Waals surface area contributed by atoms with Crippen LogP contribution in [0.15, 0.2) is 21.9 Å². The minimum Gasteiger partial charge on any atom is -0.447 e. The quantitative estimate of drug-likeness (QED) is 0.0492. The minimum absolute atomic E-state index is 0.00103. The fourth-order valence-corrected chi connectivity index (χ4v) is 6.61. The fourth-order valence-electron chi connectivity index (χ4n) is 6.61. The highest BCUT2D eigenvalue weighted by Gasteiger charge is 2.72. The molecule has 50 heavy (non-hydrogen) atoms. The number of alkyl carbamates (subject to hydrolysis) is 2. The number of azo groups is 1. The van der Waals surface area contributed by atoms with Crippen LogP contribution in [0, 0.1) is 17.8 Å². The van der Waals surface area contributed by atoms with Gasteiger partial charge < -0.3 is 44.4 Å². The van der Waals surface area contributed by atoms with Crippen molar-refractivity contribution in [2.24, 2.45) is 28.0 Å². The highest BCUT2D eigenvalue weighted by molar-refractivity contribution is 5.78. The third-order valence-electron chi connectivity index (χ3n) is 9.94. The normalized spacial score (nSPS) is 28.2. The van der Waals surface area contributed by atoms with Gasteiger partial charge in [0.1, 0.15) is 48.9 Å². The van der Waals surface area contributed by atoms with Gasteiger partial charge in [0.15, 0.2) is 0 Å². The molecule has 3 N–H and O–H groups in total. The number of carbonyl (C=O) groups excluding carboxylic acids is 4. The summed E-state index contributed by atoms with van der Waals surface area (Å²) in [6.07, 6.45) is 6.48. The summed E-state index contributed by atoms with van der Waals surface area (Å²) in [6, 6.07) is -0.970. The van der Waals surface area contributed by atoms with Crippen LogP contribution in [-0.2, 0) is 33.3 Å². The number of hydrogen-bond donors (Lipinski definition) is 3. The number of carbonyl (C=O) groups is 4. The topological polar surface area (TPSA) is 182 Å². The van der Waals surface area contributed by atoms with Crippen LogP contribution >= 0.6 is 0 Å². The number of ether oxygens (including phenoxy) is 5. The van der Waals surface area contributed by atoms with Crippen LogP contribution in [0.4, 0.5) is 9.59 Å². The minimum atomic E-state index is -0.576. The molecule has 0 aromatic rings. The van der Waals surface area contributed by atoms with Gasteiger partial charge >= 0.3 is 12.2 Å². The van der Waals surface area contributed by atoms with Gasteiger partial charge in [-0.15, -0.1) is 0 Å². The Hall–Kier alpha value is -3.10. The molecule has 0 bridgehead atoms. The molecule has 1 saturated carbocycles. The zero-order valence-corrected chi connectivity index (χ0v) is 31.3. The predicted octanol–water partition coefficient (Wildman–Crippen LogP) is 4.89. The van der Waals surface area contributed by atoms with E-state index in [2.05, 4.69) is 53.0 Å². The summed E-state index contributed by atoms with van der Waals surface area (Å²) in [5.74, 6) is -0.283. The third kappa shape index (κ3) is 12.3. The molecule has 0 radical (unpaired) electrons. The van der Waals surface area contributed by atoms with Gasteiger partial charge in [-0.05, 0) is 64.7 Å². The smallest absolute Gasteiger partial charge is 0.407 e. The largest absolute Gasteiger partial charge is 0.447 e. The molecule has 2 heterocycles. The molecule has 4 unspecified atom stereocenters. The van der Waals surface area contributed by atoms with E-state index >= 15 is 0 Å². The second kappa shape index (κ2) is 19.5. The number of nitrogens with zero attached hydrogens (tertiary/aromatic N) is 2. The van der Waals surface area contributed by atoms with E-state index in [0.29, 0.717) is 26.1 Å². The Bertz CT molecular complexity index is 1190. The van der Waals surface area contributed by atoms with Crippen molar-refractivity contribution in [1.29, 1.82) is 0 Å². The van der Waals surface area contributed by atoms with E-state index in [1.54, 1.807) is 7.11 Å². The average molecular weight is 708 g/mol. The number of epoxide rings is 2. The molecular weight excluding hydrogens is 646 g/mol. The second-order valence-corrected chi connectivity index (χ2v) is 14.9. The Kier molecular flexibility index (Phi) is 16.1. The number of aldehydes is 1.